The van der Waals surface area contributed by atoms with Gasteiger partial charge in [0.1, 0.15) is 11.9 Å². The van der Waals surface area contributed by atoms with Crippen molar-refractivity contribution in [2.45, 2.75) is 19.1 Å². The smallest absolute Gasteiger partial charge is 0.318 e. The third-order valence-electron chi connectivity index (χ3n) is 4.57. The van der Waals surface area contributed by atoms with Crippen molar-refractivity contribution in [3.63, 3.8) is 0 Å². The van der Waals surface area contributed by atoms with Gasteiger partial charge < -0.3 is 10.1 Å². The Morgan fingerprint density at radius 2 is 1.63 bits per heavy atom. The van der Waals surface area contributed by atoms with Gasteiger partial charge in [-0.1, -0.05) is 29.8 Å². The Bertz CT molecular complexity index is 939. The van der Waals surface area contributed by atoms with Gasteiger partial charge in [-0.15, -0.1) is 11.8 Å². The molecular formula is C22H22N2O5S. The standard InChI is InChI=1S/C22H22N2O5S/c1-14-7-9-16(10-8-14)23-19(25)13-30-15(2)22(28)29-12-11-24-20(26)17-5-3-4-6-18(17)21(24)27/h3-10,15H,11-13H2,1-2H3,(H,23,25)/t15-/m1/s1. The van der Waals surface area contributed by atoms with Crippen LogP contribution < -0.4 is 5.32 Å². The second-order valence-electron chi connectivity index (χ2n) is 6.84. The Morgan fingerprint density at radius 3 is 2.23 bits per heavy atom. The molecule has 7 nitrogen and oxygen atoms in total. The molecule has 30 heavy (non-hydrogen) atoms. The molecule has 3 amide bonds. The molecule has 0 unspecified atom stereocenters. The van der Waals surface area contributed by atoms with Crippen LogP contribution in [0.5, 0.6) is 0 Å². The number of carbonyl (C=O) groups is 4. The summed E-state index contributed by atoms with van der Waals surface area (Å²) in [5.74, 6) is -1.39. The van der Waals surface area contributed by atoms with Crippen LogP contribution in [0, 0.1) is 6.92 Å². The van der Waals surface area contributed by atoms with Crippen LogP contribution in [-0.2, 0) is 14.3 Å². The van der Waals surface area contributed by atoms with Gasteiger partial charge in [-0.3, -0.25) is 24.1 Å². The van der Waals surface area contributed by atoms with E-state index in [0.29, 0.717) is 16.8 Å². The van der Waals surface area contributed by atoms with E-state index in [9.17, 15) is 19.2 Å². The van der Waals surface area contributed by atoms with Gasteiger partial charge in [0.25, 0.3) is 11.8 Å². The molecule has 1 aliphatic heterocycles. The fraction of sp³-hybridized carbons (Fsp3) is 0.273. The summed E-state index contributed by atoms with van der Waals surface area (Å²) in [6, 6.07) is 14.0. The lowest BCUT2D eigenvalue weighted by atomic mass is 10.1. The summed E-state index contributed by atoms with van der Waals surface area (Å²) in [7, 11) is 0. The molecule has 8 heteroatoms. The molecule has 156 valence electrons. The van der Waals surface area contributed by atoms with Crippen LogP contribution in [-0.4, -0.2) is 52.7 Å². The summed E-state index contributed by atoms with van der Waals surface area (Å²) in [4.78, 5) is 49.8. The van der Waals surface area contributed by atoms with Crippen LogP contribution in [0.25, 0.3) is 0 Å². The molecule has 2 aromatic carbocycles. The maximum atomic E-state index is 12.3. The first kappa shape index (κ1) is 21.6. The summed E-state index contributed by atoms with van der Waals surface area (Å²) in [5.41, 5.74) is 2.51. The van der Waals surface area contributed by atoms with E-state index in [1.54, 1.807) is 31.2 Å². The molecule has 1 N–H and O–H groups in total. The molecule has 2 aromatic rings. The maximum absolute atomic E-state index is 12.3. The van der Waals surface area contributed by atoms with Gasteiger partial charge in [0.05, 0.1) is 23.4 Å². The molecule has 1 atom stereocenters. The summed E-state index contributed by atoms with van der Waals surface area (Å²) >= 11 is 1.15. The van der Waals surface area contributed by atoms with E-state index in [1.807, 2.05) is 31.2 Å². The predicted octanol–water partition coefficient (Wildman–Crippen LogP) is 2.89. The molecular weight excluding hydrogens is 404 g/mol. The fourth-order valence-corrected chi connectivity index (χ4v) is 3.58. The number of nitrogens with zero attached hydrogens (tertiary/aromatic N) is 1. The zero-order valence-electron chi connectivity index (χ0n) is 16.7. The number of thioether (sulfide) groups is 1. The first-order valence-corrected chi connectivity index (χ1v) is 10.5. The minimum atomic E-state index is -0.559. The highest BCUT2D eigenvalue weighted by atomic mass is 32.2. The molecule has 3 rings (SSSR count). The largest absolute Gasteiger partial charge is 0.463 e. The van der Waals surface area contributed by atoms with E-state index < -0.39 is 11.2 Å². The van der Waals surface area contributed by atoms with Crippen LogP contribution in [0.4, 0.5) is 5.69 Å². The normalized spacial score (nSPS) is 13.7. The van der Waals surface area contributed by atoms with E-state index in [0.717, 1.165) is 22.2 Å². The number of rotatable bonds is 8. The van der Waals surface area contributed by atoms with Gasteiger partial charge in [-0.05, 0) is 38.1 Å². The SMILES string of the molecule is Cc1ccc(NC(=O)CS[C@H](C)C(=O)OCCN2C(=O)c3ccccc3C2=O)cc1. The second-order valence-corrected chi connectivity index (χ2v) is 8.17. The molecule has 0 aromatic heterocycles. The number of carbonyl (C=O) groups excluding carboxylic acids is 4. The molecule has 0 fully saturated rings. The topological polar surface area (TPSA) is 92.8 Å². The van der Waals surface area contributed by atoms with Gasteiger partial charge in [0, 0.05) is 5.69 Å². The van der Waals surface area contributed by atoms with Crippen molar-refractivity contribution < 1.29 is 23.9 Å². The van der Waals surface area contributed by atoms with Gasteiger partial charge in [-0.25, -0.2) is 0 Å². The number of ether oxygens (including phenoxy) is 1. The van der Waals surface area contributed by atoms with E-state index in [2.05, 4.69) is 5.32 Å². The van der Waals surface area contributed by atoms with Crippen molar-refractivity contribution in [3.8, 4) is 0 Å². The minimum absolute atomic E-state index is 0.0105. The van der Waals surface area contributed by atoms with Gasteiger partial charge in [0.15, 0.2) is 0 Å². The average Bonchev–Trinajstić information content (AvgIpc) is 2.98. The number of nitrogens with one attached hydrogen (secondary N) is 1. The van der Waals surface area contributed by atoms with Crippen LogP contribution in [0.3, 0.4) is 0 Å². The summed E-state index contributed by atoms with van der Waals surface area (Å²) in [5, 5.41) is 2.21. The molecule has 1 heterocycles. The summed E-state index contributed by atoms with van der Waals surface area (Å²) in [6.45, 7) is 3.51. The Labute approximate surface area is 178 Å². The zero-order valence-corrected chi connectivity index (χ0v) is 17.5. The molecule has 1 aliphatic rings. The van der Waals surface area contributed by atoms with Crippen molar-refractivity contribution in [1.82, 2.24) is 4.90 Å². The first-order chi connectivity index (χ1) is 14.4. The first-order valence-electron chi connectivity index (χ1n) is 9.47. The van der Waals surface area contributed by atoms with E-state index in [1.165, 1.54) is 0 Å². The third kappa shape index (κ3) is 5.07. The maximum Gasteiger partial charge on any atom is 0.318 e. The molecule has 0 bridgehead atoms. The highest BCUT2D eigenvalue weighted by molar-refractivity contribution is 8.01. The Balaban J connectivity index is 1.40. The number of esters is 1. The number of fused-ring (bicyclic) bond motifs is 1. The number of anilines is 1. The van der Waals surface area contributed by atoms with Gasteiger partial charge >= 0.3 is 5.97 Å². The Morgan fingerprint density at radius 1 is 1.03 bits per heavy atom. The van der Waals surface area contributed by atoms with Crippen LogP contribution >= 0.6 is 11.8 Å². The number of hydrogen-bond donors (Lipinski definition) is 1. The lowest BCUT2D eigenvalue weighted by Gasteiger charge is -2.15. The third-order valence-corrected chi connectivity index (χ3v) is 5.69. The van der Waals surface area contributed by atoms with Crippen molar-refractivity contribution in [2.75, 3.05) is 24.2 Å². The molecule has 0 spiro atoms. The second kappa shape index (κ2) is 9.58. The Kier molecular flexibility index (Phi) is 6.89. The van der Waals surface area contributed by atoms with E-state index >= 15 is 0 Å². The zero-order chi connectivity index (χ0) is 21.7. The molecule has 0 radical (unpaired) electrons. The van der Waals surface area contributed by atoms with Crippen molar-refractivity contribution >= 4 is 41.1 Å². The summed E-state index contributed by atoms with van der Waals surface area (Å²) < 4.78 is 5.19. The lowest BCUT2D eigenvalue weighted by Crippen LogP contribution is -2.34. The van der Waals surface area contributed by atoms with Crippen LogP contribution in [0.2, 0.25) is 0 Å². The Hall–Kier alpha value is -3.13. The number of amides is 3. The molecule has 0 saturated carbocycles. The fourth-order valence-electron chi connectivity index (χ4n) is 2.90. The number of imide groups is 1. The lowest BCUT2D eigenvalue weighted by molar-refractivity contribution is -0.142. The van der Waals surface area contributed by atoms with Crippen LogP contribution in [0.1, 0.15) is 33.2 Å². The summed E-state index contributed by atoms with van der Waals surface area (Å²) in [6.07, 6.45) is 0. The number of aryl methyl sites for hydroxylation is 1. The molecule has 0 aliphatic carbocycles. The van der Waals surface area contributed by atoms with Crippen LogP contribution in [0.15, 0.2) is 48.5 Å². The minimum Gasteiger partial charge on any atom is -0.463 e. The number of hydrogen-bond acceptors (Lipinski definition) is 6. The predicted molar refractivity (Wildman–Crippen MR) is 114 cm³/mol. The van der Waals surface area contributed by atoms with Crippen molar-refractivity contribution in [2.24, 2.45) is 0 Å². The van der Waals surface area contributed by atoms with E-state index in [-0.39, 0.29) is 36.6 Å². The molecule has 0 saturated heterocycles. The van der Waals surface area contributed by atoms with Gasteiger partial charge in [0.2, 0.25) is 5.91 Å². The van der Waals surface area contributed by atoms with Crippen molar-refractivity contribution in [1.29, 1.82) is 0 Å². The highest BCUT2D eigenvalue weighted by Crippen LogP contribution is 2.22. The van der Waals surface area contributed by atoms with E-state index in [4.69, 9.17) is 4.74 Å². The van der Waals surface area contributed by atoms with Crippen molar-refractivity contribution in [3.05, 3.63) is 65.2 Å². The monoisotopic (exact) mass is 426 g/mol. The van der Waals surface area contributed by atoms with Gasteiger partial charge in [-0.2, -0.15) is 0 Å². The quantitative estimate of drug-likeness (QED) is 0.515. The highest BCUT2D eigenvalue weighted by Gasteiger charge is 2.34. The average molecular weight is 426 g/mol. The number of benzene rings is 2.